The highest BCUT2D eigenvalue weighted by Crippen LogP contribution is 2.34. The zero-order valence-corrected chi connectivity index (χ0v) is 17.2. The van der Waals surface area contributed by atoms with Gasteiger partial charge in [0.15, 0.2) is 4.90 Å². The molecule has 7 nitrogen and oxygen atoms in total. The normalized spacial score (nSPS) is 11.7. The third-order valence-corrected chi connectivity index (χ3v) is 6.28. The Morgan fingerprint density at radius 1 is 1.00 bits per heavy atom. The predicted molar refractivity (Wildman–Crippen MR) is 113 cm³/mol. The van der Waals surface area contributed by atoms with Crippen molar-refractivity contribution < 1.29 is 17.9 Å². The van der Waals surface area contributed by atoms with E-state index in [1.807, 2.05) is 30.3 Å². The molecule has 0 radical (unpaired) electrons. The van der Waals surface area contributed by atoms with Gasteiger partial charge in [-0.3, -0.25) is 4.72 Å². The van der Waals surface area contributed by atoms with Crippen LogP contribution >= 0.6 is 0 Å². The molecule has 29 heavy (non-hydrogen) atoms. The van der Waals surface area contributed by atoms with Gasteiger partial charge in [-0.25, -0.2) is 13.4 Å². The van der Waals surface area contributed by atoms with Crippen LogP contribution in [0, 0.1) is 0 Å². The average molecular weight is 411 g/mol. The van der Waals surface area contributed by atoms with Gasteiger partial charge in [-0.15, -0.1) is 0 Å². The molecule has 0 unspecified atom stereocenters. The minimum absolute atomic E-state index is 0.0273. The molecule has 4 rings (SSSR count). The van der Waals surface area contributed by atoms with Crippen molar-refractivity contribution in [3.05, 3.63) is 54.7 Å². The molecule has 1 N–H and O–H groups in total. The number of anilines is 1. The summed E-state index contributed by atoms with van der Waals surface area (Å²) >= 11 is 0. The van der Waals surface area contributed by atoms with Crippen LogP contribution in [-0.2, 0) is 16.6 Å². The van der Waals surface area contributed by atoms with E-state index in [0.29, 0.717) is 5.69 Å². The van der Waals surface area contributed by atoms with Gasteiger partial charge in [0.25, 0.3) is 10.0 Å². The summed E-state index contributed by atoms with van der Waals surface area (Å²) in [4.78, 5) is 3.86. The molecular formula is C21H21N3O4S. The lowest BCUT2D eigenvalue weighted by Crippen LogP contribution is -2.16. The third-order valence-electron chi connectivity index (χ3n) is 4.86. The van der Waals surface area contributed by atoms with Crippen LogP contribution in [0.25, 0.3) is 21.8 Å². The number of methoxy groups -OCH3 is 2. The summed E-state index contributed by atoms with van der Waals surface area (Å²) in [5.74, 6) is 0.133. The molecule has 2 heterocycles. The van der Waals surface area contributed by atoms with E-state index in [2.05, 4.69) is 27.3 Å². The van der Waals surface area contributed by atoms with E-state index in [-0.39, 0.29) is 16.5 Å². The topological polar surface area (TPSA) is 82.5 Å². The Morgan fingerprint density at radius 2 is 1.76 bits per heavy atom. The minimum Gasteiger partial charge on any atom is -0.495 e. The molecule has 0 saturated heterocycles. The summed E-state index contributed by atoms with van der Waals surface area (Å²) in [7, 11) is -1.22. The largest absolute Gasteiger partial charge is 0.495 e. The number of aryl methyl sites for hydroxylation is 1. The maximum absolute atomic E-state index is 13.1. The molecule has 4 aromatic rings. The van der Waals surface area contributed by atoms with E-state index < -0.39 is 10.0 Å². The number of sulfonamides is 1. The maximum atomic E-state index is 13.1. The molecule has 2 aromatic carbocycles. The number of nitrogens with zero attached hydrogens (tertiary/aromatic N) is 2. The maximum Gasteiger partial charge on any atom is 0.271 e. The van der Waals surface area contributed by atoms with Crippen LogP contribution in [0.4, 0.5) is 5.69 Å². The van der Waals surface area contributed by atoms with Gasteiger partial charge in [0, 0.05) is 46.3 Å². The third kappa shape index (κ3) is 3.15. The zero-order valence-electron chi connectivity index (χ0n) is 16.3. The predicted octanol–water partition coefficient (Wildman–Crippen LogP) is 4.03. The van der Waals surface area contributed by atoms with Crippen molar-refractivity contribution >= 4 is 37.5 Å². The van der Waals surface area contributed by atoms with Gasteiger partial charge < -0.3 is 14.0 Å². The fourth-order valence-electron chi connectivity index (χ4n) is 3.63. The Kier molecular flexibility index (Phi) is 4.79. The van der Waals surface area contributed by atoms with E-state index in [9.17, 15) is 8.42 Å². The molecule has 150 valence electrons. The number of para-hydroxylation sites is 1. The molecule has 2 aromatic heterocycles. The van der Waals surface area contributed by atoms with Crippen LogP contribution in [0.5, 0.6) is 11.6 Å². The first-order chi connectivity index (χ1) is 14.0. The fraction of sp³-hybridized carbons (Fsp3) is 0.190. The average Bonchev–Trinajstić information content (AvgIpc) is 3.05. The fourth-order valence-corrected chi connectivity index (χ4v) is 4.95. The van der Waals surface area contributed by atoms with E-state index in [1.165, 1.54) is 26.5 Å². The molecule has 0 atom stereocenters. The molecule has 0 aliphatic heterocycles. The van der Waals surface area contributed by atoms with Crippen LogP contribution in [0.1, 0.15) is 6.92 Å². The lowest BCUT2D eigenvalue weighted by atomic mass is 10.1. The first-order valence-corrected chi connectivity index (χ1v) is 10.6. The summed E-state index contributed by atoms with van der Waals surface area (Å²) in [5.41, 5.74) is 2.61. The highest BCUT2D eigenvalue weighted by molar-refractivity contribution is 7.93. The van der Waals surface area contributed by atoms with Crippen molar-refractivity contribution in [3.8, 4) is 11.6 Å². The van der Waals surface area contributed by atoms with Crippen LogP contribution < -0.4 is 14.2 Å². The first kappa shape index (κ1) is 19.1. The number of nitrogens with one attached hydrogen (secondary N) is 1. The molecule has 0 spiro atoms. The van der Waals surface area contributed by atoms with Crippen LogP contribution in [0.2, 0.25) is 0 Å². The van der Waals surface area contributed by atoms with Gasteiger partial charge in [-0.2, -0.15) is 0 Å². The number of ether oxygens (including phenoxy) is 2. The Morgan fingerprint density at radius 3 is 2.48 bits per heavy atom. The van der Waals surface area contributed by atoms with Crippen LogP contribution in [0.3, 0.4) is 0 Å². The number of hydrogen-bond acceptors (Lipinski definition) is 5. The number of rotatable bonds is 6. The van der Waals surface area contributed by atoms with Gasteiger partial charge in [0.1, 0.15) is 5.75 Å². The van der Waals surface area contributed by atoms with Gasteiger partial charge in [0.2, 0.25) is 5.88 Å². The molecule has 0 aliphatic carbocycles. The van der Waals surface area contributed by atoms with E-state index in [0.717, 1.165) is 28.4 Å². The number of benzene rings is 2. The second-order valence-electron chi connectivity index (χ2n) is 6.45. The van der Waals surface area contributed by atoms with Crippen molar-refractivity contribution in [3.63, 3.8) is 0 Å². The van der Waals surface area contributed by atoms with Gasteiger partial charge in [-0.1, -0.05) is 18.2 Å². The smallest absolute Gasteiger partial charge is 0.271 e. The monoisotopic (exact) mass is 411 g/mol. The first-order valence-electron chi connectivity index (χ1n) is 9.11. The second-order valence-corrected chi connectivity index (χ2v) is 8.07. The Hall–Kier alpha value is -3.26. The summed E-state index contributed by atoms with van der Waals surface area (Å²) < 4.78 is 41.4. The lowest BCUT2D eigenvalue weighted by molar-refractivity contribution is 0.361. The molecule has 0 fully saturated rings. The minimum atomic E-state index is -3.99. The zero-order chi connectivity index (χ0) is 20.6. The molecule has 8 heteroatoms. The van der Waals surface area contributed by atoms with Crippen molar-refractivity contribution in [2.24, 2.45) is 0 Å². The molecule has 0 aliphatic rings. The van der Waals surface area contributed by atoms with E-state index >= 15 is 0 Å². The summed E-state index contributed by atoms with van der Waals surface area (Å²) in [6.07, 6.45) is 1.43. The number of fused-ring (bicyclic) bond motifs is 3. The molecular weight excluding hydrogens is 390 g/mol. The number of aromatic nitrogens is 2. The summed E-state index contributed by atoms with van der Waals surface area (Å²) in [6.45, 7) is 2.91. The van der Waals surface area contributed by atoms with Crippen molar-refractivity contribution in [1.82, 2.24) is 9.55 Å². The molecule has 0 bridgehead atoms. The van der Waals surface area contributed by atoms with Gasteiger partial charge in [0.05, 0.1) is 14.2 Å². The van der Waals surface area contributed by atoms with Crippen molar-refractivity contribution in [2.45, 2.75) is 18.4 Å². The van der Waals surface area contributed by atoms with Crippen molar-refractivity contribution in [2.75, 3.05) is 18.9 Å². The van der Waals surface area contributed by atoms with Crippen molar-refractivity contribution in [1.29, 1.82) is 0 Å². The van der Waals surface area contributed by atoms with Gasteiger partial charge >= 0.3 is 0 Å². The Bertz CT molecular complexity index is 1290. The van der Waals surface area contributed by atoms with E-state index in [4.69, 9.17) is 9.47 Å². The van der Waals surface area contributed by atoms with E-state index in [1.54, 1.807) is 6.07 Å². The SMILES string of the molecule is CCn1c2ccccc2c2cc(NS(=O)(=O)c3c(OC)ccnc3OC)ccc21. The number of pyridine rings is 1. The quantitative estimate of drug-likeness (QED) is 0.518. The van der Waals surface area contributed by atoms with Crippen LogP contribution in [-0.4, -0.2) is 32.2 Å². The highest BCUT2D eigenvalue weighted by Gasteiger charge is 2.26. The number of hydrogen-bond donors (Lipinski definition) is 1. The standard InChI is InChI=1S/C21H21N3O4S/c1-4-24-17-8-6-5-7-15(17)16-13-14(9-10-18(16)24)23-29(25,26)20-19(27-2)11-12-22-21(20)28-3/h5-13,23H,4H2,1-3H3. The molecule has 0 amide bonds. The highest BCUT2D eigenvalue weighted by atomic mass is 32.2. The molecule has 0 saturated carbocycles. The lowest BCUT2D eigenvalue weighted by Gasteiger charge is -2.14. The van der Waals surface area contributed by atoms with Crippen LogP contribution in [0.15, 0.2) is 59.6 Å². The second kappa shape index (κ2) is 7.29. The Balaban J connectivity index is 1.84. The summed E-state index contributed by atoms with van der Waals surface area (Å²) in [5, 5.41) is 2.05. The van der Waals surface area contributed by atoms with Gasteiger partial charge in [-0.05, 0) is 31.2 Å². The summed E-state index contributed by atoms with van der Waals surface area (Å²) in [6, 6.07) is 15.1. The Labute approximate surface area is 168 Å².